The highest BCUT2D eigenvalue weighted by atomic mass is 35.5. The van der Waals surface area contributed by atoms with Crippen LogP contribution in [0.4, 0.5) is 11.4 Å². The Bertz CT molecular complexity index is 517. The van der Waals surface area contributed by atoms with Gasteiger partial charge < -0.3 is 4.90 Å². The first-order chi connectivity index (χ1) is 8.06. The van der Waals surface area contributed by atoms with Crippen LogP contribution in [0.5, 0.6) is 0 Å². The summed E-state index contributed by atoms with van der Waals surface area (Å²) in [6.45, 7) is 4.20. The maximum Gasteiger partial charge on any atom is 0.131 e. The summed E-state index contributed by atoms with van der Waals surface area (Å²) >= 11 is 5.90. The molecule has 0 unspecified atom stereocenters. The van der Waals surface area contributed by atoms with Gasteiger partial charge in [-0.05, 0) is 49.2 Å². The average molecular weight is 247 g/mol. The van der Waals surface area contributed by atoms with Gasteiger partial charge in [0.2, 0.25) is 0 Å². The van der Waals surface area contributed by atoms with Crippen LogP contribution < -0.4 is 4.90 Å². The van der Waals surface area contributed by atoms with Crippen LogP contribution in [0.15, 0.2) is 36.5 Å². The topological polar surface area (TPSA) is 16.1 Å². The van der Waals surface area contributed by atoms with Crippen LogP contribution in [0.3, 0.4) is 0 Å². The number of halogens is 1. The minimum Gasteiger partial charge on any atom is -0.344 e. The molecule has 0 spiro atoms. The molecule has 3 heteroatoms. The van der Waals surface area contributed by atoms with Crippen LogP contribution in [0, 0.1) is 13.8 Å². The van der Waals surface area contributed by atoms with Crippen molar-refractivity contribution in [2.24, 2.45) is 0 Å². The number of hydrogen-bond donors (Lipinski definition) is 0. The number of pyridine rings is 1. The van der Waals surface area contributed by atoms with E-state index in [0.29, 0.717) is 5.15 Å². The van der Waals surface area contributed by atoms with E-state index in [9.17, 15) is 0 Å². The molecule has 0 saturated carbocycles. The van der Waals surface area contributed by atoms with Crippen LogP contribution in [-0.2, 0) is 0 Å². The van der Waals surface area contributed by atoms with E-state index in [1.54, 1.807) is 6.20 Å². The Labute approximate surface area is 107 Å². The Morgan fingerprint density at radius 1 is 1.00 bits per heavy atom. The second-order valence-electron chi connectivity index (χ2n) is 4.24. The van der Waals surface area contributed by atoms with Crippen molar-refractivity contribution in [2.75, 3.05) is 11.9 Å². The molecule has 0 fully saturated rings. The molecular weight excluding hydrogens is 232 g/mol. The third-order valence-electron chi connectivity index (χ3n) is 2.69. The highest BCUT2D eigenvalue weighted by Gasteiger charge is 2.05. The molecule has 0 atom stereocenters. The van der Waals surface area contributed by atoms with Crippen LogP contribution in [0.1, 0.15) is 11.1 Å². The molecule has 0 aliphatic rings. The third kappa shape index (κ3) is 2.77. The first kappa shape index (κ1) is 11.9. The lowest BCUT2D eigenvalue weighted by Gasteiger charge is -2.20. The summed E-state index contributed by atoms with van der Waals surface area (Å²) in [6.07, 6.45) is 1.72. The normalized spacial score (nSPS) is 10.4. The molecule has 1 aromatic carbocycles. The number of aromatic nitrogens is 1. The number of aryl methyl sites for hydroxylation is 2. The van der Waals surface area contributed by atoms with E-state index in [1.807, 2.05) is 19.2 Å². The van der Waals surface area contributed by atoms with E-state index >= 15 is 0 Å². The lowest BCUT2D eigenvalue weighted by Crippen LogP contribution is -2.09. The largest absolute Gasteiger partial charge is 0.344 e. The minimum atomic E-state index is 0.513. The van der Waals surface area contributed by atoms with E-state index in [1.165, 1.54) is 11.1 Å². The fraction of sp³-hybridized carbons (Fsp3) is 0.214. The molecule has 0 bridgehead atoms. The summed E-state index contributed by atoms with van der Waals surface area (Å²) in [6, 6.07) is 10.3. The van der Waals surface area contributed by atoms with Crippen LogP contribution in [-0.4, -0.2) is 12.0 Å². The van der Waals surface area contributed by atoms with Gasteiger partial charge in [0, 0.05) is 24.6 Å². The Balaban J connectivity index is 2.39. The number of nitrogens with zero attached hydrogens (tertiary/aromatic N) is 2. The van der Waals surface area contributed by atoms with Crippen LogP contribution in [0.2, 0.25) is 5.15 Å². The van der Waals surface area contributed by atoms with Crippen molar-refractivity contribution in [3.63, 3.8) is 0 Å². The molecule has 0 amide bonds. The standard InChI is InChI=1S/C14H15ClN2/c1-10-6-11(2)8-13(7-10)17(3)12-4-5-16-14(15)9-12/h4-9H,1-3H3. The number of rotatable bonds is 2. The maximum atomic E-state index is 5.90. The Kier molecular flexibility index (Phi) is 3.34. The van der Waals surface area contributed by atoms with E-state index in [-0.39, 0.29) is 0 Å². The summed E-state index contributed by atoms with van der Waals surface area (Å²) in [7, 11) is 2.03. The summed E-state index contributed by atoms with van der Waals surface area (Å²) in [5.41, 5.74) is 4.71. The molecule has 1 aromatic heterocycles. The van der Waals surface area contributed by atoms with E-state index in [0.717, 1.165) is 11.4 Å². The number of anilines is 2. The SMILES string of the molecule is Cc1cc(C)cc(N(C)c2ccnc(Cl)c2)c1. The molecule has 0 N–H and O–H groups in total. The highest BCUT2D eigenvalue weighted by molar-refractivity contribution is 6.29. The van der Waals surface area contributed by atoms with Crippen molar-refractivity contribution < 1.29 is 0 Å². The first-order valence-corrected chi connectivity index (χ1v) is 5.87. The lowest BCUT2D eigenvalue weighted by molar-refractivity contribution is 1.17. The van der Waals surface area contributed by atoms with Crippen LogP contribution in [0.25, 0.3) is 0 Å². The zero-order chi connectivity index (χ0) is 12.4. The number of hydrogen-bond acceptors (Lipinski definition) is 2. The van der Waals surface area contributed by atoms with Crippen molar-refractivity contribution >= 4 is 23.0 Å². The molecule has 2 nitrogen and oxygen atoms in total. The second kappa shape index (κ2) is 4.76. The predicted molar refractivity (Wildman–Crippen MR) is 73.2 cm³/mol. The van der Waals surface area contributed by atoms with Gasteiger partial charge in [-0.2, -0.15) is 0 Å². The van der Waals surface area contributed by atoms with Gasteiger partial charge in [0.1, 0.15) is 5.15 Å². The van der Waals surface area contributed by atoms with Gasteiger partial charge in [0.05, 0.1) is 0 Å². The summed E-state index contributed by atoms with van der Waals surface area (Å²) in [5, 5.41) is 0.513. The predicted octanol–water partition coefficient (Wildman–Crippen LogP) is 4.12. The lowest BCUT2D eigenvalue weighted by atomic mass is 10.1. The van der Waals surface area contributed by atoms with Crippen molar-refractivity contribution in [3.8, 4) is 0 Å². The molecule has 0 aliphatic carbocycles. The van der Waals surface area contributed by atoms with Gasteiger partial charge in [0.15, 0.2) is 0 Å². The second-order valence-corrected chi connectivity index (χ2v) is 4.63. The van der Waals surface area contributed by atoms with E-state index in [2.05, 4.69) is 41.9 Å². The van der Waals surface area contributed by atoms with Gasteiger partial charge in [0.25, 0.3) is 0 Å². The van der Waals surface area contributed by atoms with Gasteiger partial charge >= 0.3 is 0 Å². The maximum absolute atomic E-state index is 5.90. The van der Waals surface area contributed by atoms with Gasteiger partial charge in [-0.25, -0.2) is 4.98 Å². The first-order valence-electron chi connectivity index (χ1n) is 5.50. The molecule has 0 aliphatic heterocycles. The zero-order valence-electron chi connectivity index (χ0n) is 10.2. The average Bonchev–Trinajstić information content (AvgIpc) is 2.26. The van der Waals surface area contributed by atoms with Gasteiger partial charge in [-0.15, -0.1) is 0 Å². The monoisotopic (exact) mass is 246 g/mol. The summed E-state index contributed by atoms with van der Waals surface area (Å²) in [5.74, 6) is 0. The van der Waals surface area contributed by atoms with E-state index in [4.69, 9.17) is 11.6 Å². The Morgan fingerprint density at radius 2 is 1.65 bits per heavy atom. The molecule has 2 rings (SSSR count). The fourth-order valence-corrected chi connectivity index (χ4v) is 2.06. The van der Waals surface area contributed by atoms with E-state index < -0.39 is 0 Å². The zero-order valence-corrected chi connectivity index (χ0v) is 11.0. The Morgan fingerprint density at radius 3 is 2.24 bits per heavy atom. The van der Waals surface area contributed by atoms with Gasteiger partial charge in [-0.1, -0.05) is 17.7 Å². The Hall–Kier alpha value is -1.54. The van der Waals surface area contributed by atoms with Crippen molar-refractivity contribution in [1.29, 1.82) is 0 Å². The van der Waals surface area contributed by atoms with Gasteiger partial charge in [-0.3, -0.25) is 0 Å². The molecule has 0 radical (unpaired) electrons. The third-order valence-corrected chi connectivity index (χ3v) is 2.90. The number of benzene rings is 1. The summed E-state index contributed by atoms with van der Waals surface area (Å²) in [4.78, 5) is 6.09. The molecule has 1 heterocycles. The minimum absolute atomic E-state index is 0.513. The molecular formula is C14H15ClN2. The molecule has 0 saturated heterocycles. The quantitative estimate of drug-likeness (QED) is 0.741. The molecule has 88 valence electrons. The highest BCUT2D eigenvalue weighted by Crippen LogP contribution is 2.26. The van der Waals surface area contributed by atoms with Crippen molar-refractivity contribution in [3.05, 3.63) is 52.8 Å². The van der Waals surface area contributed by atoms with Crippen molar-refractivity contribution in [2.45, 2.75) is 13.8 Å². The molecule has 2 aromatic rings. The summed E-state index contributed by atoms with van der Waals surface area (Å²) < 4.78 is 0. The molecule has 17 heavy (non-hydrogen) atoms. The van der Waals surface area contributed by atoms with Crippen molar-refractivity contribution in [1.82, 2.24) is 4.98 Å². The smallest absolute Gasteiger partial charge is 0.131 e. The van der Waals surface area contributed by atoms with Crippen LogP contribution >= 0.6 is 11.6 Å². The fourth-order valence-electron chi connectivity index (χ4n) is 1.89.